The summed E-state index contributed by atoms with van der Waals surface area (Å²) in [6.45, 7) is 6.68. The molecule has 10 heavy (non-hydrogen) atoms. The van der Waals surface area contributed by atoms with Crippen molar-refractivity contribution in [1.29, 1.82) is 0 Å². The lowest BCUT2D eigenvalue weighted by molar-refractivity contribution is 0.776. The molecule has 0 aromatic carbocycles. The summed E-state index contributed by atoms with van der Waals surface area (Å²) in [5, 5.41) is 5.15. The largest absolute Gasteiger partial charge is 0.315 e. The molecule has 0 unspecified atom stereocenters. The van der Waals surface area contributed by atoms with E-state index in [2.05, 4.69) is 35.1 Å². The van der Waals surface area contributed by atoms with Gasteiger partial charge in [0.05, 0.1) is 0 Å². The van der Waals surface area contributed by atoms with Crippen LogP contribution < -0.4 is 5.32 Å². The second kappa shape index (κ2) is 7.89. The minimum absolute atomic E-state index is 0.769. The minimum atomic E-state index is 0.769. The van der Waals surface area contributed by atoms with Crippen LogP contribution in [0, 0.1) is 0 Å². The normalized spacial score (nSPS) is 10.8. The Morgan fingerprint density at radius 1 is 1.40 bits per heavy atom. The summed E-state index contributed by atoms with van der Waals surface area (Å²) in [7, 11) is 0. The van der Waals surface area contributed by atoms with Gasteiger partial charge in [-0.1, -0.05) is 29.8 Å². The lowest BCUT2D eigenvalue weighted by Crippen LogP contribution is -2.19. The summed E-state index contributed by atoms with van der Waals surface area (Å²) in [6.07, 6.45) is 0. The molecule has 0 heterocycles. The van der Waals surface area contributed by atoms with Gasteiger partial charge < -0.3 is 5.32 Å². The van der Waals surface area contributed by atoms with Crippen molar-refractivity contribution in [3.05, 3.63) is 0 Å². The van der Waals surface area contributed by atoms with Crippen LogP contribution in [0.25, 0.3) is 0 Å². The fraction of sp³-hybridized carbons (Fsp3) is 1.00. The number of halogens is 1. The fourth-order valence-electron chi connectivity index (χ4n) is 0.559. The maximum absolute atomic E-state index is 3.36. The first kappa shape index (κ1) is 10.8. The van der Waals surface area contributed by atoms with Crippen LogP contribution in [0.3, 0.4) is 0 Å². The van der Waals surface area contributed by atoms with Crippen molar-refractivity contribution in [2.45, 2.75) is 19.1 Å². The maximum Gasteiger partial charge on any atom is 0.0157 e. The smallest absolute Gasteiger partial charge is 0.0157 e. The first-order chi connectivity index (χ1) is 4.77. The third-order valence-electron chi connectivity index (χ3n) is 1.00. The predicted octanol–water partition coefficient (Wildman–Crippen LogP) is 2.11. The van der Waals surface area contributed by atoms with Gasteiger partial charge in [0.25, 0.3) is 0 Å². The molecule has 0 fully saturated rings. The summed E-state index contributed by atoms with van der Waals surface area (Å²) in [5.74, 6) is 1.23. The molecule has 0 bridgehead atoms. The van der Waals surface area contributed by atoms with Crippen molar-refractivity contribution in [2.24, 2.45) is 0 Å². The van der Waals surface area contributed by atoms with Crippen LogP contribution in [0.4, 0.5) is 0 Å². The average molecular weight is 226 g/mol. The standard InChI is InChI=1S/C7H16BrNS/c1-7(2)10-6-5-9-4-3-8/h7,9H,3-6H2,1-2H3. The van der Waals surface area contributed by atoms with Crippen molar-refractivity contribution < 1.29 is 0 Å². The molecule has 0 aromatic heterocycles. The lowest BCUT2D eigenvalue weighted by atomic mass is 10.6. The van der Waals surface area contributed by atoms with E-state index in [1.54, 1.807) is 0 Å². The van der Waals surface area contributed by atoms with E-state index in [9.17, 15) is 0 Å². The van der Waals surface area contributed by atoms with E-state index in [1.807, 2.05) is 11.8 Å². The van der Waals surface area contributed by atoms with E-state index >= 15 is 0 Å². The van der Waals surface area contributed by atoms with Gasteiger partial charge in [-0.05, 0) is 5.25 Å². The zero-order valence-electron chi connectivity index (χ0n) is 6.69. The Bertz CT molecular complexity index is 68.6. The molecule has 0 aliphatic rings. The quantitative estimate of drug-likeness (QED) is 0.550. The SMILES string of the molecule is CC(C)SCCNCCBr. The minimum Gasteiger partial charge on any atom is -0.315 e. The van der Waals surface area contributed by atoms with Gasteiger partial charge in [-0.25, -0.2) is 0 Å². The number of nitrogens with one attached hydrogen (secondary N) is 1. The number of rotatable bonds is 6. The molecule has 1 N–H and O–H groups in total. The van der Waals surface area contributed by atoms with E-state index < -0.39 is 0 Å². The molecular formula is C7H16BrNS. The van der Waals surface area contributed by atoms with E-state index in [0.29, 0.717) is 0 Å². The monoisotopic (exact) mass is 225 g/mol. The Balaban J connectivity index is 2.77. The molecule has 0 spiro atoms. The Morgan fingerprint density at radius 3 is 2.60 bits per heavy atom. The predicted molar refractivity (Wildman–Crippen MR) is 54.3 cm³/mol. The van der Waals surface area contributed by atoms with Crippen molar-refractivity contribution in [2.75, 3.05) is 24.2 Å². The summed E-state index contributed by atoms with van der Waals surface area (Å²) in [5.41, 5.74) is 0. The number of thioether (sulfide) groups is 1. The summed E-state index contributed by atoms with van der Waals surface area (Å²) in [4.78, 5) is 0. The summed E-state index contributed by atoms with van der Waals surface area (Å²) >= 11 is 5.36. The zero-order chi connectivity index (χ0) is 7.82. The van der Waals surface area contributed by atoms with Gasteiger partial charge in [-0.3, -0.25) is 0 Å². The zero-order valence-corrected chi connectivity index (χ0v) is 9.09. The molecular weight excluding hydrogens is 210 g/mol. The van der Waals surface area contributed by atoms with Gasteiger partial charge in [0.15, 0.2) is 0 Å². The molecule has 0 saturated carbocycles. The van der Waals surface area contributed by atoms with E-state index in [0.717, 1.165) is 23.7 Å². The maximum atomic E-state index is 3.36. The summed E-state index contributed by atoms with van der Waals surface area (Å²) in [6, 6.07) is 0. The van der Waals surface area contributed by atoms with Crippen molar-refractivity contribution in [3.8, 4) is 0 Å². The Kier molecular flexibility index (Phi) is 8.52. The molecule has 0 amide bonds. The first-order valence-corrected chi connectivity index (χ1v) is 5.82. The Morgan fingerprint density at radius 2 is 2.10 bits per heavy atom. The fourth-order valence-corrected chi connectivity index (χ4v) is 1.57. The second-order valence-corrected chi connectivity index (χ2v) is 4.84. The molecule has 0 rings (SSSR count). The van der Waals surface area contributed by atoms with Crippen LogP contribution >= 0.6 is 27.7 Å². The second-order valence-electron chi connectivity index (χ2n) is 2.36. The molecule has 3 heteroatoms. The summed E-state index contributed by atoms with van der Waals surface area (Å²) < 4.78 is 0. The van der Waals surface area contributed by atoms with E-state index in [-0.39, 0.29) is 0 Å². The first-order valence-electron chi connectivity index (χ1n) is 3.65. The van der Waals surface area contributed by atoms with Crippen LogP contribution in [-0.2, 0) is 0 Å². The third kappa shape index (κ3) is 8.79. The highest BCUT2D eigenvalue weighted by molar-refractivity contribution is 9.09. The van der Waals surface area contributed by atoms with Gasteiger partial charge in [0, 0.05) is 24.2 Å². The van der Waals surface area contributed by atoms with Gasteiger partial charge in [0.2, 0.25) is 0 Å². The molecule has 0 aromatic rings. The Hall–Kier alpha value is 0.790. The van der Waals surface area contributed by atoms with Crippen LogP contribution in [0.5, 0.6) is 0 Å². The van der Waals surface area contributed by atoms with Gasteiger partial charge in [0.1, 0.15) is 0 Å². The molecule has 0 aliphatic heterocycles. The topological polar surface area (TPSA) is 12.0 Å². The molecule has 62 valence electrons. The van der Waals surface area contributed by atoms with Crippen molar-refractivity contribution in [1.82, 2.24) is 5.32 Å². The number of hydrogen-bond donors (Lipinski definition) is 1. The van der Waals surface area contributed by atoms with E-state index in [1.165, 1.54) is 5.75 Å². The molecule has 0 aliphatic carbocycles. The van der Waals surface area contributed by atoms with Gasteiger partial charge >= 0.3 is 0 Å². The highest BCUT2D eigenvalue weighted by atomic mass is 79.9. The van der Waals surface area contributed by atoms with Gasteiger partial charge in [-0.15, -0.1) is 0 Å². The molecule has 0 atom stereocenters. The van der Waals surface area contributed by atoms with Crippen molar-refractivity contribution >= 4 is 27.7 Å². The van der Waals surface area contributed by atoms with Crippen molar-refractivity contribution in [3.63, 3.8) is 0 Å². The molecule has 0 saturated heterocycles. The molecule has 0 radical (unpaired) electrons. The third-order valence-corrected chi connectivity index (χ3v) is 2.50. The van der Waals surface area contributed by atoms with Crippen LogP contribution in [0.1, 0.15) is 13.8 Å². The van der Waals surface area contributed by atoms with Crippen LogP contribution in [0.2, 0.25) is 0 Å². The van der Waals surface area contributed by atoms with Gasteiger partial charge in [-0.2, -0.15) is 11.8 Å². The highest BCUT2D eigenvalue weighted by Crippen LogP contribution is 2.06. The van der Waals surface area contributed by atoms with Crippen LogP contribution in [0.15, 0.2) is 0 Å². The number of alkyl halides is 1. The van der Waals surface area contributed by atoms with E-state index in [4.69, 9.17) is 0 Å². The average Bonchev–Trinajstić information content (AvgIpc) is 1.87. The number of hydrogen-bond acceptors (Lipinski definition) is 2. The highest BCUT2D eigenvalue weighted by Gasteiger charge is 1.92. The Labute approximate surface area is 76.5 Å². The van der Waals surface area contributed by atoms with Crippen LogP contribution in [-0.4, -0.2) is 29.4 Å². The molecule has 1 nitrogen and oxygen atoms in total. The lowest BCUT2D eigenvalue weighted by Gasteiger charge is -2.04.